The molecule has 0 spiro atoms. The minimum absolute atomic E-state index is 0.141. The molecule has 4 aromatic rings. The summed E-state index contributed by atoms with van der Waals surface area (Å²) in [7, 11) is 0. The predicted molar refractivity (Wildman–Crippen MR) is 132 cm³/mol. The van der Waals surface area contributed by atoms with Gasteiger partial charge >= 0.3 is 0 Å². The van der Waals surface area contributed by atoms with Crippen LogP contribution in [0.25, 0.3) is 10.1 Å². The molecule has 0 bridgehead atoms. The molecule has 1 aromatic heterocycles. The van der Waals surface area contributed by atoms with Crippen molar-refractivity contribution in [1.82, 2.24) is 5.32 Å². The number of ketones is 1. The van der Waals surface area contributed by atoms with Gasteiger partial charge in [0.1, 0.15) is 16.4 Å². The zero-order valence-electron chi connectivity index (χ0n) is 17.7. The number of phenolic OH excluding ortho intramolecular Hbond substituents is 1. The highest BCUT2D eigenvalue weighted by Crippen LogP contribution is 2.42. The van der Waals surface area contributed by atoms with Gasteiger partial charge in [-0.1, -0.05) is 30.7 Å². The highest BCUT2D eigenvalue weighted by atomic mass is 35.5. The third-order valence-corrected chi connectivity index (χ3v) is 6.54. The molecule has 0 amide bonds. The van der Waals surface area contributed by atoms with Crippen molar-refractivity contribution in [3.05, 3.63) is 87.8 Å². The number of thiophene rings is 1. The van der Waals surface area contributed by atoms with Crippen molar-refractivity contribution in [3.63, 3.8) is 0 Å². The van der Waals surface area contributed by atoms with Gasteiger partial charge in [-0.3, -0.25) is 4.79 Å². The summed E-state index contributed by atoms with van der Waals surface area (Å²) >= 11 is 7.29. The Hall–Kier alpha value is -2.86. The van der Waals surface area contributed by atoms with Gasteiger partial charge in [0.15, 0.2) is 5.75 Å². The molecule has 6 heteroatoms. The number of nitrogens with one attached hydrogen (secondary N) is 1. The van der Waals surface area contributed by atoms with Crippen LogP contribution in [0.5, 0.6) is 17.2 Å². The summed E-state index contributed by atoms with van der Waals surface area (Å²) < 4.78 is 7.03. The summed E-state index contributed by atoms with van der Waals surface area (Å²) in [5, 5.41) is 14.6. The first-order valence-corrected chi connectivity index (χ1v) is 11.8. The van der Waals surface area contributed by atoms with Gasteiger partial charge < -0.3 is 15.2 Å². The van der Waals surface area contributed by atoms with Crippen molar-refractivity contribution in [3.8, 4) is 17.2 Å². The van der Waals surface area contributed by atoms with E-state index in [-0.39, 0.29) is 11.5 Å². The fourth-order valence-electron chi connectivity index (χ4n) is 3.48. The molecule has 2 N–H and O–H groups in total. The van der Waals surface area contributed by atoms with Crippen LogP contribution < -0.4 is 10.1 Å². The predicted octanol–water partition coefficient (Wildman–Crippen LogP) is 6.83. The van der Waals surface area contributed by atoms with Crippen molar-refractivity contribution in [2.75, 3.05) is 13.1 Å². The fourth-order valence-corrected chi connectivity index (χ4v) is 4.73. The number of hydrogen-bond acceptors (Lipinski definition) is 5. The standard InChI is InChI=1S/C26H24ClNO3S/c1-2-28-15-3-4-17-5-12-21(13-6-17)31-25-22-14-11-20(29)16-23(22)32-26(25)24(30)18-7-9-19(27)10-8-18/h5-14,16,28-29H,2-4,15H2,1H3. The Labute approximate surface area is 196 Å². The number of carbonyl (C=O) groups is 1. The summed E-state index contributed by atoms with van der Waals surface area (Å²) in [5.74, 6) is 1.18. The molecule has 0 saturated carbocycles. The fraction of sp³-hybridized carbons (Fsp3) is 0.192. The van der Waals surface area contributed by atoms with E-state index in [0.29, 0.717) is 27.0 Å². The highest BCUT2D eigenvalue weighted by molar-refractivity contribution is 7.21. The second-order valence-electron chi connectivity index (χ2n) is 7.48. The van der Waals surface area contributed by atoms with Gasteiger partial charge in [0.25, 0.3) is 0 Å². The smallest absolute Gasteiger partial charge is 0.206 e. The largest absolute Gasteiger partial charge is 0.508 e. The first-order chi connectivity index (χ1) is 15.5. The topological polar surface area (TPSA) is 58.6 Å². The van der Waals surface area contributed by atoms with Gasteiger partial charge in [0.2, 0.25) is 5.78 Å². The number of halogens is 1. The van der Waals surface area contributed by atoms with Gasteiger partial charge in [-0.05, 0) is 86.1 Å². The lowest BCUT2D eigenvalue weighted by Gasteiger charge is -2.09. The van der Waals surface area contributed by atoms with Crippen LogP contribution in [0, 0.1) is 0 Å². The molecule has 164 valence electrons. The van der Waals surface area contributed by atoms with Crippen LogP contribution in [-0.2, 0) is 6.42 Å². The normalized spacial score (nSPS) is 11.1. The number of benzene rings is 3. The summed E-state index contributed by atoms with van der Waals surface area (Å²) in [6.45, 7) is 4.09. The Balaban J connectivity index is 1.63. The van der Waals surface area contributed by atoms with Crippen molar-refractivity contribution in [1.29, 1.82) is 0 Å². The third kappa shape index (κ3) is 5.13. The quantitative estimate of drug-likeness (QED) is 0.210. The SMILES string of the molecule is CCNCCCc1ccc(Oc2c(C(=O)c3ccc(Cl)cc3)sc3cc(O)ccc23)cc1. The van der Waals surface area contributed by atoms with Gasteiger partial charge in [-0.15, -0.1) is 11.3 Å². The average molecular weight is 466 g/mol. The minimum atomic E-state index is -0.141. The molecule has 0 atom stereocenters. The maximum absolute atomic E-state index is 13.3. The van der Waals surface area contributed by atoms with Crippen LogP contribution in [0.3, 0.4) is 0 Å². The number of phenols is 1. The van der Waals surface area contributed by atoms with Crippen LogP contribution in [0.1, 0.15) is 34.1 Å². The molecule has 0 fully saturated rings. The van der Waals surface area contributed by atoms with E-state index in [4.69, 9.17) is 16.3 Å². The highest BCUT2D eigenvalue weighted by Gasteiger charge is 2.22. The number of ether oxygens (including phenoxy) is 1. The zero-order chi connectivity index (χ0) is 22.5. The van der Waals surface area contributed by atoms with E-state index in [9.17, 15) is 9.90 Å². The van der Waals surface area contributed by atoms with Crippen LogP contribution >= 0.6 is 22.9 Å². The van der Waals surface area contributed by atoms with Crippen molar-refractivity contribution in [2.45, 2.75) is 19.8 Å². The van der Waals surface area contributed by atoms with Crippen molar-refractivity contribution < 1.29 is 14.6 Å². The Bertz CT molecular complexity index is 1220. The second-order valence-corrected chi connectivity index (χ2v) is 8.97. The molecule has 4 rings (SSSR count). The summed E-state index contributed by atoms with van der Waals surface area (Å²) in [5.41, 5.74) is 1.78. The number of rotatable bonds is 9. The Morgan fingerprint density at radius 3 is 2.53 bits per heavy atom. The number of hydrogen-bond donors (Lipinski definition) is 2. The lowest BCUT2D eigenvalue weighted by atomic mass is 10.1. The lowest BCUT2D eigenvalue weighted by molar-refractivity contribution is 0.104. The second kappa shape index (κ2) is 10.2. The van der Waals surface area contributed by atoms with Crippen molar-refractivity contribution >= 4 is 38.8 Å². The molecule has 0 unspecified atom stereocenters. The molecule has 0 aliphatic heterocycles. The number of aryl methyl sites for hydroxylation is 1. The Morgan fingerprint density at radius 1 is 1.06 bits per heavy atom. The van der Waals surface area contributed by atoms with E-state index in [1.807, 2.05) is 12.1 Å². The maximum atomic E-state index is 13.3. The van der Waals surface area contributed by atoms with Crippen LogP contribution in [0.4, 0.5) is 0 Å². The number of carbonyl (C=O) groups excluding carboxylic acids is 1. The third-order valence-electron chi connectivity index (χ3n) is 5.15. The molecule has 0 radical (unpaired) electrons. The summed E-state index contributed by atoms with van der Waals surface area (Å²) in [6, 6.07) is 19.8. The molecule has 3 aromatic carbocycles. The van der Waals surface area contributed by atoms with Gasteiger partial charge in [0.05, 0.1) is 0 Å². The van der Waals surface area contributed by atoms with Crippen LogP contribution in [-0.4, -0.2) is 24.0 Å². The van der Waals surface area contributed by atoms with E-state index in [2.05, 4.69) is 24.4 Å². The molecular weight excluding hydrogens is 442 g/mol. The molecule has 0 aliphatic carbocycles. The minimum Gasteiger partial charge on any atom is -0.508 e. The van der Waals surface area contributed by atoms with E-state index in [0.717, 1.165) is 36.0 Å². The first kappa shape index (κ1) is 22.3. The molecule has 4 nitrogen and oxygen atoms in total. The van der Waals surface area contributed by atoms with Crippen molar-refractivity contribution in [2.24, 2.45) is 0 Å². The van der Waals surface area contributed by atoms with Crippen LogP contribution in [0.2, 0.25) is 5.02 Å². The molecule has 0 saturated heterocycles. The van der Waals surface area contributed by atoms with E-state index >= 15 is 0 Å². The number of aromatic hydroxyl groups is 1. The van der Waals surface area contributed by atoms with Crippen LogP contribution in [0.15, 0.2) is 66.7 Å². The molecular formula is C26H24ClNO3S. The monoisotopic (exact) mass is 465 g/mol. The zero-order valence-corrected chi connectivity index (χ0v) is 19.3. The van der Waals surface area contributed by atoms with E-state index in [1.54, 1.807) is 42.5 Å². The van der Waals surface area contributed by atoms with E-state index < -0.39 is 0 Å². The van der Waals surface area contributed by atoms with Gasteiger partial charge in [-0.25, -0.2) is 0 Å². The van der Waals surface area contributed by atoms with Gasteiger partial charge in [-0.2, -0.15) is 0 Å². The molecule has 32 heavy (non-hydrogen) atoms. The first-order valence-electron chi connectivity index (χ1n) is 10.6. The lowest BCUT2D eigenvalue weighted by Crippen LogP contribution is -2.14. The number of fused-ring (bicyclic) bond motifs is 1. The molecule has 1 heterocycles. The van der Waals surface area contributed by atoms with Gasteiger partial charge in [0, 0.05) is 20.7 Å². The summed E-state index contributed by atoms with van der Waals surface area (Å²) in [6.07, 6.45) is 2.07. The Kier molecular flexibility index (Phi) is 7.10. The maximum Gasteiger partial charge on any atom is 0.206 e. The average Bonchev–Trinajstić information content (AvgIpc) is 3.15. The van der Waals surface area contributed by atoms with E-state index in [1.165, 1.54) is 16.9 Å². The Morgan fingerprint density at radius 2 is 1.81 bits per heavy atom. The molecule has 0 aliphatic rings. The summed E-state index contributed by atoms with van der Waals surface area (Å²) in [4.78, 5) is 13.8.